The van der Waals surface area contributed by atoms with E-state index in [-0.39, 0.29) is 17.5 Å². The highest BCUT2D eigenvalue weighted by Gasteiger charge is 2.32. The van der Waals surface area contributed by atoms with E-state index in [4.69, 9.17) is 5.73 Å². The minimum Gasteiger partial charge on any atom is -0.382 e. The summed E-state index contributed by atoms with van der Waals surface area (Å²) in [5.41, 5.74) is 7.36. The number of carbonyl (C=O) groups is 2. The molecule has 1 aliphatic heterocycles. The summed E-state index contributed by atoms with van der Waals surface area (Å²) in [5.74, 6) is -0.342. The molecule has 40 heavy (non-hydrogen) atoms. The molecule has 5 rings (SSSR count). The molecule has 0 spiro atoms. The van der Waals surface area contributed by atoms with Crippen LogP contribution in [-0.2, 0) is 6.18 Å². The maximum Gasteiger partial charge on any atom is 0.433 e. The number of aromatic nitrogens is 4. The van der Waals surface area contributed by atoms with Gasteiger partial charge in [-0.1, -0.05) is 18.2 Å². The van der Waals surface area contributed by atoms with Crippen LogP contribution in [-0.4, -0.2) is 62.6 Å². The van der Waals surface area contributed by atoms with Crippen LogP contribution in [0, 0.1) is 0 Å². The number of fused-ring (bicyclic) bond motifs is 1. The van der Waals surface area contributed by atoms with Crippen molar-refractivity contribution in [1.29, 1.82) is 0 Å². The van der Waals surface area contributed by atoms with Gasteiger partial charge in [0.1, 0.15) is 23.4 Å². The fraction of sp³-hybridized carbons (Fsp3) is 0.269. The van der Waals surface area contributed by atoms with Gasteiger partial charge >= 0.3 is 12.2 Å². The molecule has 1 saturated heterocycles. The first-order valence-electron chi connectivity index (χ1n) is 12.5. The lowest BCUT2D eigenvalue weighted by Crippen LogP contribution is -2.33. The number of pyridine rings is 1. The molecule has 0 aliphatic carbocycles. The molecule has 0 saturated carbocycles. The Balaban J connectivity index is 1.33. The molecule has 3 aromatic heterocycles. The molecule has 0 bridgehead atoms. The molecule has 14 heteroatoms. The van der Waals surface area contributed by atoms with Crippen molar-refractivity contribution < 1.29 is 22.8 Å². The number of anilines is 3. The zero-order valence-electron chi connectivity index (χ0n) is 21.2. The number of hydrogen-bond donors (Lipinski definition) is 4. The van der Waals surface area contributed by atoms with Crippen LogP contribution < -0.4 is 21.7 Å². The molecular weight excluding hydrogens is 527 g/mol. The Morgan fingerprint density at radius 2 is 1.77 bits per heavy atom. The Kier molecular flexibility index (Phi) is 7.51. The van der Waals surface area contributed by atoms with Gasteiger partial charge in [-0.2, -0.15) is 18.3 Å². The summed E-state index contributed by atoms with van der Waals surface area (Å²) in [7, 11) is 0. The summed E-state index contributed by atoms with van der Waals surface area (Å²) in [6.45, 7) is 3.30. The van der Waals surface area contributed by atoms with E-state index in [1.165, 1.54) is 16.9 Å². The lowest BCUT2D eigenvalue weighted by atomic mass is 10.0. The molecule has 208 valence electrons. The highest BCUT2D eigenvalue weighted by Crippen LogP contribution is 2.33. The van der Waals surface area contributed by atoms with E-state index in [2.05, 4.69) is 35.9 Å². The number of hydrogen-bond acceptors (Lipinski definition) is 7. The topological polar surface area (TPSA) is 143 Å². The Hall–Kier alpha value is -4.72. The lowest BCUT2D eigenvalue weighted by molar-refractivity contribution is -0.141. The molecule has 4 heterocycles. The molecule has 1 fully saturated rings. The van der Waals surface area contributed by atoms with Crippen LogP contribution in [0.25, 0.3) is 16.6 Å². The van der Waals surface area contributed by atoms with E-state index < -0.39 is 17.9 Å². The van der Waals surface area contributed by atoms with E-state index >= 15 is 0 Å². The van der Waals surface area contributed by atoms with E-state index in [1.807, 2.05) is 0 Å². The molecule has 11 nitrogen and oxygen atoms in total. The molecule has 3 amide bonds. The van der Waals surface area contributed by atoms with Crippen molar-refractivity contribution in [3.63, 3.8) is 0 Å². The zero-order chi connectivity index (χ0) is 28.3. The second kappa shape index (κ2) is 11.2. The zero-order valence-corrected chi connectivity index (χ0v) is 21.2. The third-order valence-corrected chi connectivity index (χ3v) is 6.47. The summed E-state index contributed by atoms with van der Waals surface area (Å²) in [6.07, 6.45) is 0.581. The maximum atomic E-state index is 13.2. The summed E-state index contributed by atoms with van der Waals surface area (Å²) >= 11 is 0. The van der Waals surface area contributed by atoms with Crippen molar-refractivity contribution >= 4 is 34.8 Å². The Morgan fingerprint density at radius 1 is 1.02 bits per heavy atom. The average molecular weight is 554 g/mol. The smallest absolute Gasteiger partial charge is 0.382 e. The second-order valence-electron chi connectivity index (χ2n) is 9.22. The van der Waals surface area contributed by atoms with Crippen LogP contribution in [0.5, 0.6) is 0 Å². The monoisotopic (exact) mass is 553 g/mol. The normalized spacial score (nSPS) is 13.9. The Bertz CT molecular complexity index is 1530. The first-order chi connectivity index (χ1) is 19.2. The minimum atomic E-state index is -4.63. The van der Waals surface area contributed by atoms with Crippen molar-refractivity contribution in [2.24, 2.45) is 0 Å². The summed E-state index contributed by atoms with van der Waals surface area (Å²) in [4.78, 5) is 35.3. The number of rotatable bonds is 7. The maximum absolute atomic E-state index is 13.2. The number of urea groups is 1. The number of nitrogen functional groups attached to an aromatic ring is 1. The van der Waals surface area contributed by atoms with E-state index in [1.54, 1.807) is 30.5 Å². The number of nitrogens with two attached hydrogens (primary N) is 1. The van der Waals surface area contributed by atoms with Gasteiger partial charge in [0.2, 0.25) is 0 Å². The number of benzene rings is 1. The fourth-order valence-corrected chi connectivity index (χ4v) is 4.59. The van der Waals surface area contributed by atoms with Gasteiger partial charge in [-0.05, 0) is 55.8 Å². The largest absolute Gasteiger partial charge is 0.433 e. The van der Waals surface area contributed by atoms with Gasteiger partial charge in [-0.3, -0.25) is 10.1 Å². The van der Waals surface area contributed by atoms with Crippen LogP contribution in [0.1, 0.15) is 28.9 Å². The third kappa shape index (κ3) is 5.96. The molecular formula is C26H26F3N9O2. The number of carbonyl (C=O) groups excluding carboxylic acids is 2. The standard InChI is InChI=1S/C26H26F3N9O2/c27-26(28,29)19-4-3-5-20(35-19)36-25(40)34-17-8-6-16(7-9-17)21-18(14-38-22(21)23(30)32-15-33-38)24(39)31-10-13-37-11-1-2-12-37/h3-9,14-15H,1-2,10-13H2,(H,31,39)(H2,30,32,33)(H2,34,35,36,40). The molecule has 0 radical (unpaired) electrons. The van der Waals surface area contributed by atoms with Crippen LogP contribution in [0.15, 0.2) is 55.0 Å². The molecule has 1 aromatic carbocycles. The Labute approximate surface area is 226 Å². The number of alkyl halides is 3. The molecule has 5 N–H and O–H groups in total. The second-order valence-corrected chi connectivity index (χ2v) is 9.22. The third-order valence-electron chi connectivity index (χ3n) is 6.47. The lowest BCUT2D eigenvalue weighted by Gasteiger charge is -2.15. The SMILES string of the molecule is Nc1ncnn2cc(C(=O)NCCN3CCCC3)c(-c3ccc(NC(=O)Nc4cccc(C(F)(F)F)n4)cc3)c12. The van der Waals surface area contributed by atoms with Crippen LogP contribution in [0.3, 0.4) is 0 Å². The summed E-state index contributed by atoms with van der Waals surface area (Å²) in [5, 5.41) is 12.0. The van der Waals surface area contributed by atoms with Crippen molar-refractivity contribution in [2.45, 2.75) is 19.0 Å². The van der Waals surface area contributed by atoms with Crippen molar-refractivity contribution in [3.8, 4) is 11.1 Å². The van der Waals surface area contributed by atoms with Crippen LogP contribution in [0.4, 0.5) is 35.3 Å². The quantitative estimate of drug-likeness (QED) is 0.272. The van der Waals surface area contributed by atoms with E-state index in [0.29, 0.717) is 34.4 Å². The van der Waals surface area contributed by atoms with Crippen molar-refractivity contribution in [2.75, 3.05) is 42.5 Å². The van der Waals surface area contributed by atoms with Crippen molar-refractivity contribution in [3.05, 3.63) is 66.2 Å². The first kappa shape index (κ1) is 26.9. The van der Waals surface area contributed by atoms with Gasteiger partial charge in [0.05, 0.1) is 5.56 Å². The molecule has 0 atom stereocenters. The molecule has 1 aliphatic rings. The van der Waals surface area contributed by atoms with E-state index in [0.717, 1.165) is 44.6 Å². The number of nitrogens with zero attached hydrogens (tertiary/aromatic N) is 5. The van der Waals surface area contributed by atoms with Gasteiger partial charge < -0.3 is 21.3 Å². The van der Waals surface area contributed by atoms with E-state index in [9.17, 15) is 22.8 Å². The predicted molar refractivity (Wildman–Crippen MR) is 143 cm³/mol. The van der Waals surface area contributed by atoms with Crippen LogP contribution in [0.2, 0.25) is 0 Å². The first-order valence-corrected chi connectivity index (χ1v) is 12.5. The average Bonchev–Trinajstić information content (AvgIpc) is 3.58. The highest BCUT2D eigenvalue weighted by molar-refractivity contribution is 6.07. The summed E-state index contributed by atoms with van der Waals surface area (Å²) < 4.78 is 40.2. The number of nitrogens with one attached hydrogen (secondary N) is 3. The van der Waals surface area contributed by atoms with Gasteiger partial charge in [0.15, 0.2) is 5.82 Å². The molecule has 0 unspecified atom stereocenters. The predicted octanol–water partition coefficient (Wildman–Crippen LogP) is 3.86. The minimum absolute atomic E-state index is 0.191. The summed E-state index contributed by atoms with van der Waals surface area (Å²) in [6, 6.07) is 8.98. The van der Waals surface area contributed by atoms with Gasteiger partial charge in [-0.25, -0.2) is 19.3 Å². The number of amides is 3. The van der Waals surface area contributed by atoms with Gasteiger partial charge in [0, 0.05) is 30.5 Å². The number of likely N-dealkylation sites (tertiary alicyclic amines) is 1. The van der Waals surface area contributed by atoms with Crippen LogP contribution >= 0.6 is 0 Å². The fourth-order valence-electron chi connectivity index (χ4n) is 4.59. The Morgan fingerprint density at radius 3 is 2.50 bits per heavy atom. The number of halogens is 3. The van der Waals surface area contributed by atoms with Gasteiger partial charge in [-0.15, -0.1) is 0 Å². The van der Waals surface area contributed by atoms with Crippen molar-refractivity contribution in [1.82, 2.24) is 29.8 Å². The molecule has 4 aromatic rings. The van der Waals surface area contributed by atoms with Gasteiger partial charge in [0.25, 0.3) is 5.91 Å². The highest BCUT2D eigenvalue weighted by atomic mass is 19.4.